The minimum Gasteiger partial charge on any atom is -0.476 e. The van der Waals surface area contributed by atoms with E-state index in [2.05, 4.69) is 26.1 Å². The summed E-state index contributed by atoms with van der Waals surface area (Å²) in [5.74, 6) is 0.0423. The van der Waals surface area contributed by atoms with Crippen LogP contribution in [0, 0.1) is 0 Å². The van der Waals surface area contributed by atoms with E-state index in [0.717, 1.165) is 17.4 Å². The van der Waals surface area contributed by atoms with E-state index < -0.39 is 16.1 Å². The lowest BCUT2D eigenvalue weighted by atomic mass is 9.86. The van der Waals surface area contributed by atoms with Crippen molar-refractivity contribution in [3.05, 3.63) is 58.6 Å². The summed E-state index contributed by atoms with van der Waals surface area (Å²) in [5, 5.41) is 3.50. The van der Waals surface area contributed by atoms with Crippen LogP contribution in [-0.2, 0) is 26.7 Å². The number of nitrogens with zero attached hydrogens (tertiary/aromatic N) is 1. The van der Waals surface area contributed by atoms with Gasteiger partial charge in [0.15, 0.2) is 6.10 Å². The zero-order valence-electron chi connectivity index (χ0n) is 17.6. The Kier molecular flexibility index (Phi) is 6.34. The number of fused-ring (bicyclic) bond motifs is 1. The third-order valence-corrected chi connectivity index (χ3v) is 6.41. The zero-order valence-corrected chi connectivity index (χ0v) is 19.2. The van der Waals surface area contributed by atoms with E-state index in [-0.39, 0.29) is 17.9 Å². The summed E-state index contributed by atoms with van der Waals surface area (Å²) in [6, 6.07) is 12.9. The Labute approximate surface area is 183 Å². The van der Waals surface area contributed by atoms with Gasteiger partial charge < -0.3 is 10.1 Å². The molecule has 0 aliphatic carbocycles. The molecule has 1 amide bonds. The highest BCUT2D eigenvalue weighted by Gasteiger charge is 2.35. The number of ether oxygens (including phenoxy) is 1. The Morgan fingerprint density at radius 3 is 2.47 bits per heavy atom. The molecule has 0 saturated heterocycles. The topological polar surface area (TPSA) is 75.7 Å². The molecule has 8 heteroatoms. The predicted molar refractivity (Wildman–Crippen MR) is 120 cm³/mol. The van der Waals surface area contributed by atoms with Gasteiger partial charge in [-0.25, -0.2) is 8.42 Å². The quantitative estimate of drug-likeness (QED) is 0.756. The van der Waals surface area contributed by atoms with Crippen LogP contribution in [0.15, 0.2) is 42.5 Å². The fourth-order valence-corrected chi connectivity index (χ4v) is 4.30. The molecule has 1 atom stereocenters. The largest absolute Gasteiger partial charge is 0.476 e. The van der Waals surface area contributed by atoms with Crippen LogP contribution in [0.1, 0.15) is 31.9 Å². The summed E-state index contributed by atoms with van der Waals surface area (Å²) in [4.78, 5) is 12.7. The number of benzene rings is 2. The number of amides is 1. The van der Waals surface area contributed by atoms with Crippen LogP contribution >= 0.6 is 11.6 Å². The van der Waals surface area contributed by atoms with Gasteiger partial charge in [-0.15, -0.1) is 0 Å². The Morgan fingerprint density at radius 1 is 1.20 bits per heavy atom. The molecule has 0 bridgehead atoms. The average molecular weight is 451 g/mol. The van der Waals surface area contributed by atoms with Gasteiger partial charge in [0.1, 0.15) is 5.75 Å². The summed E-state index contributed by atoms with van der Waals surface area (Å²) in [6.07, 6.45) is 0.858. The van der Waals surface area contributed by atoms with E-state index >= 15 is 0 Å². The summed E-state index contributed by atoms with van der Waals surface area (Å²) in [6.45, 7) is 6.52. The maximum absolute atomic E-state index is 12.7. The third kappa shape index (κ3) is 5.26. The molecule has 6 nitrogen and oxygen atoms in total. The molecule has 3 rings (SSSR count). The van der Waals surface area contributed by atoms with E-state index in [9.17, 15) is 13.2 Å². The van der Waals surface area contributed by atoms with Crippen LogP contribution in [0.4, 0.5) is 5.69 Å². The van der Waals surface area contributed by atoms with E-state index in [1.165, 1.54) is 4.31 Å². The Bertz CT molecular complexity index is 1030. The first-order chi connectivity index (χ1) is 13.9. The monoisotopic (exact) mass is 450 g/mol. The number of halogens is 1. The van der Waals surface area contributed by atoms with E-state index in [0.29, 0.717) is 29.4 Å². The summed E-state index contributed by atoms with van der Waals surface area (Å²) in [7, 11) is -3.57. The summed E-state index contributed by atoms with van der Waals surface area (Å²) < 4.78 is 32.0. The van der Waals surface area contributed by atoms with Gasteiger partial charge in [-0.3, -0.25) is 9.10 Å². The second kappa shape index (κ2) is 8.47. The van der Waals surface area contributed by atoms with Gasteiger partial charge in [0, 0.05) is 11.6 Å². The fourth-order valence-electron chi connectivity index (χ4n) is 3.26. The maximum Gasteiger partial charge on any atom is 0.263 e. The minimum atomic E-state index is -3.57. The van der Waals surface area contributed by atoms with Gasteiger partial charge in [-0.2, -0.15) is 0 Å². The number of nitrogens with one attached hydrogen (secondary N) is 1. The van der Waals surface area contributed by atoms with Crippen molar-refractivity contribution in [2.45, 2.75) is 38.7 Å². The molecule has 0 saturated carbocycles. The second-order valence-electron chi connectivity index (χ2n) is 8.50. The van der Waals surface area contributed by atoms with E-state index in [1.54, 1.807) is 18.2 Å². The molecule has 1 heterocycles. The first-order valence-electron chi connectivity index (χ1n) is 9.76. The zero-order chi connectivity index (χ0) is 22.1. The number of anilines is 1. The SMILES string of the molecule is CC(C)(C)c1ccc2c(c1)N(S(C)(=O)=O)C[C@H](C(=O)NCCc1ccc(Cl)cc1)O2. The summed E-state index contributed by atoms with van der Waals surface area (Å²) >= 11 is 5.88. The molecule has 162 valence electrons. The fraction of sp³-hybridized carbons (Fsp3) is 0.409. The number of rotatable bonds is 5. The van der Waals surface area contributed by atoms with Crippen molar-refractivity contribution in [1.29, 1.82) is 0 Å². The molecule has 0 fully saturated rings. The molecule has 2 aromatic rings. The van der Waals surface area contributed by atoms with E-state index in [4.69, 9.17) is 16.3 Å². The van der Waals surface area contributed by atoms with Crippen molar-refractivity contribution in [2.24, 2.45) is 0 Å². The highest BCUT2D eigenvalue weighted by atomic mass is 35.5. The number of hydrogen-bond donors (Lipinski definition) is 1. The average Bonchev–Trinajstić information content (AvgIpc) is 2.66. The number of sulfonamides is 1. The normalized spacial score (nSPS) is 16.6. The van der Waals surface area contributed by atoms with Crippen LogP contribution in [0.5, 0.6) is 5.75 Å². The first kappa shape index (κ1) is 22.4. The maximum atomic E-state index is 12.7. The molecular weight excluding hydrogens is 424 g/mol. The Balaban J connectivity index is 1.74. The molecule has 1 aliphatic rings. The smallest absolute Gasteiger partial charge is 0.263 e. The van der Waals surface area contributed by atoms with Crippen molar-refractivity contribution in [3.8, 4) is 5.75 Å². The molecule has 1 N–H and O–H groups in total. The standard InChI is InChI=1S/C22H27ClN2O4S/c1-22(2,3)16-7-10-19-18(13-16)25(30(4,27)28)14-20(29-19)21(26)24-12-11-15-5-8-17(23)9-6-15/h5-10,13,20H,11-12,14H2,1-4H3,(H,24,26)/t20-/m1/s1. The molecule has 0 aromatic heterocycles. The van der Waals surface area contributed by atoms with Crippen LogP contribution in [0.3, 0.4) is 0 Å². The molecular formula is C22H27ClN2O4S. The highest BCUT2D eigenvalue weighted by molar-refractivity contribution is 7.92. The lowest BCUT2D eigenvalue weighted by Crippen LogP contribution is -2.50. The molecule has 1 aliphatic heterocycles. The van der Waals surface area contributed by atoms with Crippen molar-refractivity contribution < 1.29 is 17.9 Å². The van der Waals surface area contributed by atoms with Gasteiger partial charge in [-0.05, 0) is 47.2 Å². The van der Waals surface area contributed by atoms with Gasteiger partial charge in [0.2, 0.25) is 10.0 Å². The van der Waals surface area contributed by atoms with Crippen LogP contribution in [-0.4, -0.2) is 39.8 Å². The molecule has 0 spiro atoms. The van der Waals surface area contributed by atoms with Crippen molar-refractivity contribution >= 4 is 33.2 Å². The third-order valence-electron chi connectivity index (χ3n) is 5.01. The van der Waals surface area contributed by atoms with Crippen molar-refractivity contribution in [3.63, 3.8) is 0 Å². The van der Waals surface area contributed by atoms with Gasteiger partial charge >= 0.3 is 0 Å². The van der Waals surface area contributed by atoms with Crippen LogP contribution < -0.4 is 14.4 Å². The van der Waals surface area contributed by atoms with Gasteiger partial charge in [0.25, 0.3) is 5.91 Å². The lowest BCUT2D eigenvalue weighted by molar-refractivity contribution is -0.127. The molecule has 2 aromatic carbocycles. The molecule has 30 heavy (non-hydrogen) atoms. The number of hydrogen-bond acceptors (Lipinski definition) is 4. The Morgan fingerprint density at radius 2 is 1.87 bits per heavy atom. The van der Waals surface area contributed by atoms with E-state index in [1.807, 2.05) is 24.3 Å². The number of carbonyl (C=O) groups excluding carboxylic acids is 1. The van der Waals surface area contributed by atoms with Gasteiger partial charge in [-0.1, -0.05) is 50.6 Å². The molecule has 0 radical (unpaired) electrons. The molecule has 0 unspecified atom stereocenters. The van der Waals surface area contributed by atoms with Crippen LogP contribution in [0.25, 0.3) is 0 Å². The summed E-state index contributed by atoms with van der Waals surface area (Å²) in [5.41, 5.74) is 2.36. The first-order valence-corrected chi connectivity index (χ1v) is 12.0. The highest BCUT2D eigenvalue weighted by Crippen LogP contribution is 2.38. The van der Waals surface area contributed by atoms with Crippen molar-refractivity contribution in [1.82, 2.24) is 5.32 Å². The van der Waals surface area contributed by atoms with Crippen LogP contribution in [0.2, 0.25) is 5.02 Å². The van der Waals surface area contributed by atoms with Gasteiger partial charge in [0.05, 0.1) is 18.5 Å². The predicted octanol–water partition coefficient (Wildman–Crippen LogP) is 3.52. The van der Waals surface area contributed by atoms with Crippen molar-refractivity contribution in [2.75, 3.05) is 23.7 Å². The number of carbonyl (C=O) groups is 1. The second-order valence-corrected chi connectivity index (χ2v) is 10.8. The lowest BCUT2D eigenvalue weighted by Gasteiger charge is -2.35. The minimum absolute atomic E-state index is 0.0633. The Hall–Kier alpha value is -2.25.